The van der Waals surface area contributed by atoms with Crippen molar-refractivity contribution in [1.82, 2.24) is 30.2 Å². The van der Waals surface area contributed by atoms with Crippen LogP contribution in [0.1, 0.15) is 32.9 Å². The summed E-state index contributed by atoms with van der Waals surface area (Å²) in [5, 5.41) is 5.53. The van der Waals surface area contributed by atoms with E-state index >= 15 is 0 Å². The van der Waals surface area contributed by atoms with Gasteiger partial charge >= 0.3 is 0 Å². The number of piperidine rings is 1. The molecule has 2 aliphatic rings. The van der Waals surface area contributed by atoms with E-state index in [-0.39, 0.29) is 55.4 Å². The molecule has 2 N–H and O–H groups in total. The summed E-state index contributed by atoms with van der Waals surface area (Å²) in [5.74, 6) is 1.89. The predicted molar refractivity (Wildman–Crippen MR) is 140 cm³/mol. The normalized spacial score (nSPS) is 20.3. The molecule has 3 aromatic heterocycles. The summed E-state index contributed by atoms with van der Waals surface area (Å²) in [6.45, 7) is 2.91. The van der Waals surface area contributed by atoms with Crippen LogP contribution in [-0.4, -0.2) is 43.8 Å². The van der Waals surface area contributed by atoms with Crippen LogP contribution in [0.3, 0.4) is 0 Å². The first-order valence-electron chi connectivity index (χ1n) is 10.6. The van der Waals surface area contributed by atoms with Crippen molar-refractivity contribution < 1.29 is 9.18 Å². The van der Waals surface area contributed by atoms with E-state index in [4.69, 9.17) is 0 Å². The minimum atomic E-state index is -0.426. The number of nitrogens with zero attached hydrogens (tertiary/aromatic N) is 4. The van der Waals surface area contributed by atoms with Gasteiger partial charge in [-0.05, 0) is 36.1 Å². The van der Waals surface area contributed by atoms with E-state index < -0.39 is 5.82 Å². The first kappa shape index (κ1) is 27.3. The molecule has 1 saturated carbocycles. The molecule has 2 fully saturated rings. The second-order valence-electron chi connectivity index (χ2n) is 8.43. The number of imidazole rings is 1. The number of para-hydroxylation sites is 2. The van der Waals surface area contributed by atoms with E-state index in [1.807, 2.05) is 24.3 Å². The topological polar surface area (TPSA) is 86.8 Å². The number of amides is 1. The van der Waals surface area contributed by atoms with Crippen molar-refractivity contribution in [3.8, 4) is 0 Å². The number of hydrogen-bond acceptors (Lipinski definition) is 6. The Kier molecular flexibility index (Phi) is 8.72. The first-order valence-corrected chi connectivity index (χ1v) is 11.5. The van der Waals surface area contributed by atoms with Gasteiger partial charge in [-0.15, -0.1) is 48.6 Å². The largest absolute Gasteiger partial charge is 0.345 e. The molecular weight excluding hydrogens is 534 g/mol. The third kappa shape index (κ3) is 5.44. The third-order valence-corrected chi connectivity index (χ3v) is 7.32. The van der Waals surface area contributed by atoms with Gasteiger partial charge in [0.15, 0.2) is 0 Å². The van der Waals surface area contributed by atoms with Crippen molar-refractivity contribution in [3.05, 3.63) is 76.0 Å². The number of fused-ring (bicyclic) bond motifs is 2. The van der Waals surface area contributed by atoms with Crippen LogP contribution in [0.4, 0.5) is 4.39 Å². The molecule has 186 valence electrons. The summed E-state index contributed by atoms with van der Waals surface area (Å²) in [7, 11) is 0. The lowest BCUT2D eigenvalue weighted by Crippen LogP contribution is -2.25. The van der Waals surface area contributed by atoms with Crippen LogP contribution in [0.25, 0.3) is 11.0 Å². The van der Waals surface area contributed by atoms with Gasteiger partial charge in [-0.25, -0.2) is 14.4 Å². The van der Waals surface area contributed by atoms with Crippen molar-refractivity contribution in [2.45, 2.75) is 19.0 Å². The summed E-state index contributed by atoms with van der Waals surface area (Å²) in [6, 6.07) is 10.9. The Morgan fingerprint density at radius 2 is 1.89 bits per heavy atom. The van der Waals surface area contributed by atoms with Gasteiger partial charge in [-0.1, -0.05) is 12.1 Å². The smallest absolute Gasteiger partial charge is 0.271 e. The summed E-state index contributed by atoms with van der Waals surface area (Å²) in [6.07, 6.45) is 1.51. The molecule has 1 aromatic carbocycles. The SMILES string of the molecule is Cl.Cl.Cl.O=C(NCc1ncccc1F)c1csc(C2[C@H]3CN(Cc4nc5ccccc5[nH]4)C[C@@H]23)n1. The van der Waals surface area contributed by atoms with Crippen molar-refractivity contribution in [2.24, 2.45) is 11.8 Å². The Morgan fingerprint density at radius 3 is 2.63 bits per heavy atom. The first-order chi connectivity index (χ1) is 15.7. The second-order valence-corrected chi connectivity index (χ2v) is 9.32. The highest BCUT2D eigenvalue weighted by molar-refractivity contribution is 7.10. The highest BCUT2D eigenvalue weighted by atomic mass is 35.5. The predicted octanol–water partition coefficient (Wildman–Crippen LogP) is 4.59. The van der Waals surface area contributed by atoms with Gasteiger partial charge in [0, 0.05) is 30.6 Å². The fourth-order valence-corrected chi connectivity index (χ4v) is 5.80. The molecule has 1 unspecified atom stereocenters. The minimum absolute atomic E-state index is 0. The van der Waals surface area contributed by atoms with E-state index in [1.54, 1.807) is 5.38 Å². The van der Waals surface area contributed by atoms with Gasteiger partial charge in [0.2, 0.25) is 0 Å². The number of carbonyl (C=O) groups is 1. The quantitative estimate of drug-likeness (QED) is 0.362. The van der Waals surface area contributed by atoms with Gasteiger partial charge < -0.3 is 10.3 Å². The molecule has 0 radical (unpaired) electrons. The number of aromatic nitrogens is 4. The molecule has 1 aliphatic heterocycles. The van der Waals surface area contributed by atoms with Crippen LogP contribution < -0.4 is 5.32 Å². The summed E-state index contributed by atoms with van der Waals surface area (Å²) < 4.78 is 13.7. The van der Waals surface area contributed by atoms with Crippen LogP contribution in [0.2, 0.25) is 0 Å². The van der Waals surface area contributed by atoms with Crippen molar-refractivity contribution >= 4 is 65.5 Å². The molecule has 6 rings (SSSR count). The lowest BCUT2D eigenvalue weighted by atomic mass is 10.2. The number of aromatic amines is 1. The molecule has 4 heterocycles. The van der Waals surface area contributed by atoms with Crippen LogP contribution in [0.15, 0.2) is 48.0 Å². The number of pyridine rings is 1. The van der Waals surface area contributed by atoms with Gasteiger partial charge in [0.25, 0.3) is 5.91 Å². The zero-order valence-corrected chi connectivity index (χ0v) is 21.7. The molecule has 1 amide bonds. The number of halogens is 4. The Balaban J connectivity index is 0.00000114. The molecule has 35 heavy (non-hydrogen) atoms. The number of likely N-dealkylation sites (tertiary alicyclic amines) is 1. The molecule has 12 heteroatoms. The Labute approximate surface area is 224 Å². The number of nitrogens with one attached hydrogen (secondary N) is 2. The van der Waals surface area contributed by atoms with Gasteiger partial charge in [0.05, 0.1) is 34.8 Å². The van der Waals surface area contributed by atoms with Crippen LogP contribution in [-0.2, 0) is 13.1 Å². The zero-order chi connectivity index (χ0) is 21.7. The molecule has 7 nitrogen and oxygen atoms in total. The van der Waals surface area contributed by atoms with Crippen molar-refractivity contribution in [1.29, 1.82) is 0 Å². The summed E-state index contributed by atoms with van der Waals surface area (Å²) in [5.41, 5.74) is 2.69. The highest BCUT2D eigenvalue weighted by Gasteiger charge is 2.57. The number of thiazole rings is 1. The van der Waals surface area contributed by atoms with Crippen LogP contribution in [0.5, 0.6) is 0 Å². The number of H-pyrrole nitrogens is 1. The molecule has 0 bridgehead atoms. The Morgan fingerprint density at radius 1 is 1.11 bits per heavy atom. The fourth-order valence-electron chi connectivity index (χ4n) is 4.75. The summed E-state index contributed by atoms with van der Waals surface area (Å²) >= 11 is 1.54. The van der Waals surface area contributed by atoms with E-state index in [0.29, 0.717) is 23.4 Å². The third-order valence-electron chi connectivity index (χ3n) is 6.37. The molecule has 0 spiro atoms. The lowest BCUT2D eigenvalue weighted by Gasteiger charge is -2.17. The second kappa shape index (κ2) is 11.2. The zero-order valence-electron chi connectivity index (χ0n) is 18.4. The molecule has 1 saturated heterocycles. The van der Waals surface area contributed by atoms with Crippen LogP contribution >= 0.6 is 48.6 Å². The Bertz CT molecular complexity index is 1270. The molecule has 3 atom stereocenters. The molecular formula is C23H24Cl3FN6OS. The van der Waals surface area contributed by atoms with E-state index in [0.717, 1.165) is 41.5 Å². The average Bonchev–Trinajstić information content (AvgIpc) is 3.24. The number of rotatable bonds is 6. The maximum atomic E-state index is 13.7. The van der Waals surface area contributed by atoms with Gasteiger partial charge in [-0.3, -0.25) is 14.7 Å². The van der Waals surface area contributed by atoms with E-state index in [9.17, 15) is 9.18 Å². The van der Waals surface area contributed by atoms with Crippen molar-refractivity contribution in [2.75, 3.05) is 13.1 Å². The fraction of sp³-hybridized carbons (Fsp3) is 0.304. The van der Waals surface area contributed by atoms with Gasteiger partial charge in [0.1, 0.15) is 17.3 Å². The number of benzene rings is 1. The molecule has 4 aromatic rings. The molecule has 1 aliphatic carbocycles. The average molecular weight is 558 g/mol. The highest BCUT2D eigenvalue weighted by Crippen LogP contribution is 2.58. The number of hydrogen-bond donors (Lipinski definition) is 2. The van der Waals surface area contributed by atoms with Crippen molar-refractivity contribution in [3.63, 3.8) is 0 Å². The van der Waals surface area contributed by atoms with Gasteiger partial charge in [-0.2, -0.15) is 0 Å². The maximum absolute atomic E-state index is 13.7. The summed E-state index contributed by atoms with van der Waals surface area (Å²) in [4.78, 5) is 31.5. The lowest BCUT2D eigenvalue weighted by molar-refractivity contribution is 0.0945. The van der Waals surface area contributed by atoms with E-state index in [2.05, 4.69) is 30.2 Å². The minimum Gasteiger partial charge on any atom is -0.345 e. The van der Waals surface area contributed by atoms with E-state index in [1.165, 1.54) is 29.7 Å². The number of carbonyl (C=O) groups excluding carboxylic acids is 1. The Hall–Kier alpha value is -2.30. The monoisotopic (exact) mass is 556 g/mol. The van der Waals surface area contributed by atoms with Crippen LogP contribution in [0, 0.1) is 17.7 Å². The maximum Gasteiger partial charge on any atom is 0.271 e. The standard InChI is InChI=1S/C23H21FN6OS.3ClH/c24-15-4-3-7-25-18(15)8-26-22(31)19-12-32-23(29-19)21-13-9-30(10-14(13)21)11-20-27-16-5-1-2-6-17(16)28-20;;;/h1-7,12-14,21H,8-11H2,(H,26,31)(H,27,28);3*1H/t13-,14+,21?;;;.